The number of nitrogens with zero attached hydrogens (tertiary/aromatic N) is 1. The molecular weight excluding hydrogens is 512 g/mol. The monoisotopic (exact) mass is 540 g/mol. The van der Waals surface area contributed by atoms with Crippen LogP contribution in [0.5, 0.6) is 0 Å². The third kappa shape index (κ3) is 5.15. The van der Waals surface area contributed by atoms with Crippen LogP contribution in [0.2, 0.25) is 0 Å². The minimum atomic E-state index is -4.05. The minimum Gasteiger partial charge on any atom is -0.478 e. The highest BCUT2D eigenvalue weighted by atomic mass is 32.2. The second-order valence-corrected chi connectivity index (χ2v) is 11.5. The molecule has 2 N–H and O–H groups in total. The first-order valence-electron chi connectivity index (χ1n) is 12.5. The number of nitrogens with one attached hydrogen (secondary N) is 1. The van der Waals surface area contributed by atoms with E-state index in [1.807, 2.05) is 38.1 Å². The molecule has 1 heterocycles. The SMILES string of the molecule is Cc1ccc(C)c(-c2ccc(S(=O)(=O)N3c4ccccc4C[C@H]3C(=O)NCc3ccc(C(=O)O)cc3)cc2)c1. The molecule has 1 atom stereocenters. The first-order chi connectivity index (χ1) is 18.6. The number of hydrogen-bond donors (Lipinski definition) is 2. The molecule has 1 amide bonds. The number of sulfonamides is 1. The van der Waals surface area contributed by atoms with Gasteiger partial charge in [0.2, 0.25) is 5.91 Å². The Morgan fingerprint density at radius 3 is 2.31 bits per heavy atom. The third-order valence-electron chi connectivity index (χ3n) is 7.01. The second-order valence-electron chi connectivity index (χ2n) is 9.71. The zero-order valence-electron chi connectivity index (χ0n) is 21.6. The molecule has 4 aromatic rings. The van der Waals surface area contributed by atoms with Crippen molar-refractivity contribution >= 4 is 27.6 Å². The molecule has 0 aliphatic carbocycles. The summed E-state index contributed by atoms with van der Waals surface area (Å²) in [4.78, 5) is 24.5. The molecule has 5 rings (SSSR count). The number of anilines is 1. The van der Waals surface area contributed by atoms with Crippen molar-refractivity contribution < 1.29 is 23.1 Å². The number of fused-ring (bicyclic) bond motifs is 1. The first kappa shape index (κ1) is 26.2. The number of amides is 1. The van der Waals surface area contributed by atoms with Gasteiger partial charge in [-0.1, -0.05) is 66.2 Å². The topological polar surface area (TPSA) is 104 Å². The molecule has 7 nitrogen and oxygen atoms in total. The van der Waals surface area contributed by atoms with Crippen LogP contribution in [0.25, 0.3) is 11.1 Å². The number of carboxylic acid groups (broad SMARTS) is 1. The average Bonchev–Trinajstić information content (AvgIpc) is 3.34. The number of benzene rings is 4. The molecule has 0 spiro atoms. The standard InChI is InChI=1S/C31H28N2O5S/c1-20-7-8-21(2)27(17-20)23-13-15-26(16-14-23)39(37,38)33-28-6-4-3-5-25(28)18-29(33)30(34)32-19-22-9-11-24(12-10-22)31(35)36/h3-17,29H,18-19H2,1-2H3,(H,32,34)(H,35,36)/t29-/m0/s1. The summed E-state index contributed by atoms with van der Waals surface area (Å²) in [5, 5.41) is 11.9. The molecule has 1 aliphatic heterocycles. The van der Waals surface area contributed by atoms with E-state index >= 15 is 0 Å². The highest BCUT2D eigenvalue weighted by Gasteiger charge is 2.42. The van der Waals surface area contributed by atoms with Crippen LogP contribution in [0.15, 0.2) is 95.9 Å². The molecule has 0 saturated heterocycles. The summed E-state index contributed by atoms with van der Waals surface area (Å²) in [5.41, 5.74) is 6.30. The lowest BCUT2D eigenvalue weighted by Gasteiger charge is -2.26. The van der Waals surface area contributed by atoms with Crippen LogP contribution < -0.4 is 9.62 Å². The largest absolute Gasteiger partial charge is 0.478 e. The van der Waals surface area contributed by atoms with Crippen molar-refractivity contribution in [2.45, 2.75) is 37.8 Å². The minimum absolute atomic E-state index is 0.107. The summed E-state index contributed by atoms with van der Waals surface area (Å²) >= 11 is 0. The summed E-state index contributed by atoms with van der Waals surface area (Å²) < 4.78 is 29.1. The Balaban J connectivity index is 1.42. The summed E-state index contributed by atoms with van der Waals surface area (Å²) in [6.07, 6.45) is 0.250. The highest BCUT2D eigenvalue weighted by molar-refractivity contribution is 7.93. The Morgan fingerprint density at radius 2 is 1.62 bits per heavy atom. The van der Waals surface area contributed by atoms with Crippen LogP contribution in [-0.4, -0.2) is 31.4 Å². The van der Waals surface area contributed by atoms with Gasteiger partial charge < -0.3 is 10.4 Å². The summed E-state index contributed by atoms with van der Waals surface area (Å²) in [5.74, 6) is -1.46. The molecule has 0 saturated carbocycles. The predicted molar refractivity (Wildman–Crippen MR) is 150 cm³/mol. The van der Waals surface area contributed by atoms with E-state index in [1.165, 1.54) is 16.4 Å². The smallest absolute Gasteiger partial charge is 0.335 e. The van der Waals surface area contributed by atoms with Crippen molar-refractivity contribution in [3.8, 4) is 11.1 Å². The molecule has 198 valence electrons. The normalized spacial score (nSPS) is 14.6. The lowest BCUT2D eigenvalue weighted by atomic mass is 9.99. The maximum absolute atomic E-state index is 13.9. The molecule has 4 aromatic carbocycles. The fraction of sp³-hybridized carbons (Fsp3) is 0.161. The highest BCUT2D eigenvalue weighted by Crippen LogP contribution is 2.37. The van der Waals surface area contributed by atoms with Crippen molar-refractivity contribution in [2.24, 2.45) is 0 Å². The van der Waals surface area contributed by atoms with Crippen LogP contribution in [0.4, 0.5) is 5.69 Å². The van der Waals surface area contributed by atoms with Gasteiger partial charge in [-0.3, -0.25) is 9.10 Å². The van der Waals surface area contributed by atoms with Crippen molar-refractivity contribution in [1.29, 1.82) is 0 Å². The Morgan fingerprint density at radius 1 is 0.923 bits per heavy atom. The van der Waals surface area contributed by atoms with Gasteiger partial charge in [0.15, 0.2) is 0 Å². The van der Waals surface area contributed by atoms with Crippen LogP contribution in [0.3, 0.4) is 0 Å². The zero-order chi connectivity index (χ0) is 27.7. The zero-order valence-corrected chi connectivity index (χ0v) is 22.4. The van der Waals surface area contributed by atoms with Gasteiger partial charge in [0.1, 0.15) is 6.04 Å². The van der Waals surface area contributed by atoms with Crippen molar-refractivity contribution in [2.75, 3.05) is 4.31 Å². The van der Waals surface area contributed by atoms with Gasteiger partial charge in [0.25, 0.3) is 10.0 Å². The molecule has 1 aliphatic rings. The van der Waals surface area contributed by atoms with Crippen LogP contribution in [0, 0.1) is 13.8 Å². The number of hydrogen-bond acceptors (Lipinski definition) is 4. The molecule has 0 fully saturated rings. The Kier molecular flexibility index (Phi) is 6.97. The van der Waals surface area contributed by atoms with Gasteiger partial charge in [-0.05, 0) is 72.0 Å². The molecule has 0 bridgehead atoms. The van der Waals surface area contributed by atoms with Crippen LogP contribution in [0.1, 0.15) is 32.6 Å². The van der Waals surface area contributed by atoms with Crippen molar-refractivity contribution in [3.63, 3.8) is 0 Å². The van der Waals surface area contributed by atoms with E-state index in [1.54, 1.807) is 48.5 Å². The quantitative estimate of drug-likeness (QED) is 0.339. The summed E-state index contributed by atoms with van der Waals surface area (Å²) in [6.45, 7) is 4.18. The van der Waals surface area contributed by atoms with Crippen LogP contribution >= 0.6 is 0 Å². The van der Waals surface area contributed by atoms with Gasteiger partial charge in [0.05, 0.1) is 16.1 Å². The molecule has 39 heavy (non-hydrogen) atoms. The number of aryl methyl sites for hydroxylation is 2. The van der Waals surface area contributed by atoms with Gasteiger partial charge in [-0.15, -0.1) is 0 Å². The summed E-state index contributed by atoms with van der Waals surface area (Å²) in [6, 6.07) is 25.3. The van der Waals surface area contributed by atoms with E-state index in [2.05, 4.69) is 11.4 Å². The van der Waals surface area contributed by atoms with Crippen molar-refractivity contribution in [3.05, 3.63) is 119 Å². The Bertz CT molecular complexity index is 1660. The Labute approximate surface area is 227 Å². The second kappa shape index (κ2) is 10.4. The maximum Gasteiger partial charge on any atom is 0.335 e. The molecule has 8 heteroatoms. The molecule has 0 aromatic heterocycles. The third-order valence-corrected chi connectivity index (χ3v) is 8.85. The molecule has 0 radical (unpaired) electrons. The number of rotatable bonds is 7. The van der Waals surface area contributed by atoms with E-state index in [-0.39, 0.29) is 23.4 Å². The number of carbonyl (C=O) groups excluding carboxylic acids is 1. The van der Waals surface area contributed by atoms with E-state index in [0.29, 0.717) is 11.3 Å². The van der Waals surface area contributed by atoms with E-state index in [4.69, 9.17) is 5.11 Å². The van der Waals surface area contributed by atoms with Crippen LogP contribution in [-0.2, 0) is 27.8 Å². The number of aromatic carboxylic acids is 1. The molecule has 0 unspecified atom stereocenters. The van der Waals surface area contributed by atoms with Crippen molar-refractivity contribution in [1.82, 2.24) is 5.32 Å². The first-order valence-corrected chi connectivity index (χ1v) is 14.0. The van der Waals surface area contributed by atoms with Gasteiger partial charge >= 0.3 is 5.97 Å². The summed E-state index contributed by atoms with van der Waals surface area (Å²) in [7, 11) is -4.05. The maximum atomic E-state index is 13.9. The average molecular weight is 541 g/mol. The fourth-order valence-corrected chi connectivity index (χ4v) is 6.54. The van der Waals surface area contributed by atoms with Gasteiger partial charge in [0, 0.05) is 13.0 Å². The molecular formula is C31H28N2O5S. The lowest BCUT2D eigenvalue weighted by molar-refractivity contribution is -0.122. The number of carboxylic acids is 1. The van der Waals surface area contributed by atoms with E-state index < -0.39 is 27.9 Å². The van der Waals surface area contributed by atoms with E-state index in [0.717, 1.165) is 27.8 Å². The fourth-order valence-electron chi connectivity index (χ4n) is 4.89. The lowest BCUT2D eigenvalue weighted by Crippen LogP contribution is -2.47. The Hall–Kier alpha value is -4.43. The van der Waals surface area contributed by atoms with Gasteiger partial charge in [-0.25, -0.2) is 13.2 Å². The number of para-hydroxylation sites is 1. The van der Waals surface area contributed by atoms with Gasteiger partial charge in [-0.2, -0.15) is 0 Å². The number of carbonyl (C=O) groups is 2. The van der Waals surface area contributed by atoms with E-state index in [9.17, 15) is 18.0 Å². The predicted octanol–water partition coefficient (Wildman–Crippen LogP) is 5.11.